The third kappa shape index (κ3) is 3.53. The van der Waals surface area contributed by atoms with Gasteiger partial charge in [-0.15, -0.1) is 0 Å². The lowest BCUT2D eigenvalue weighted by atomic mass is 10.1. The van der Waals surface area contributed by atoms with Gasteiger partial charge in [-0.1, -0.05) is 110 Å². The van der Waals surface area contributed by atoms with Gasteiger partial charge in [0, 0.05) is 21.8 Å². The molecule has 0 spiro atoms. The van der Waals surface area contributed by atoms with Crippen molar-refractivity contribution in [3.8, 4) is 0 Å². The summed E-state index contributed by atoms with van der Waals surface area (Å²) in [6, 6.07) is 32.0. The quantitative estimate of drug-likeness (QED) is 0.435. The van der Waals surface area contributed by atoms with Crippen molar-refractivity contribution >= 4 is 23.0 Å². The Morgan fingerprint density at radius 3 is 1.44 bits per heavy atom. The number of hydrogen-bond donors (Lipinski definition) is 0. The summed E-state index contributed by atoms with van der Waals surface area (Å²) in [5.41, 5.74) is 4.26. The zero-order chi connectivity index (χ0) is 18.5. The fraction of sp³-hybridized carbons (Fsp3) is 0.0400. The average molecular weight is 366 g/mol. The summed E-state index contributed by atoms with van der Waals surface area (Å²) in [4.78, 5) is 0. The Morgan fingerprint density at radius 2 is 1.07 bits per heavy atom. The maximum absolute atomic E-state index is 5.40. The van der Waals surface area contributed by atoms with Crippen LogP contribution in [-0.4, -0.2) is 0 Å². The summed E-state index contributed by atoms with van der Waals surface area (Å²) in [7, 11) is -2.20. The maximum atomic E-state index is 5.40. The van der Waals surface area contributed by atoms with E-state index in [0.29, 0.717) is 0 Å². The predicted molar refractivity (Wildman–Crippen MR) is 117 cm³/mol. The van der Waals surface area contributed by atoms with Crippen molar-refractivity contribution in [3.05, 3.63) is 127 Å². The van der Waals surface area contributed by atoms with Gasteiger partial charge in [0.15, 0.2) is 0 Å². The minimum Gasteiger partial charge on any atom is -0.246 e. The van der Waals surface area contributed by atoms with Crippen molar-refractivity contribution in [1.82, 2.24) is 0 Å². The summed E-state index contributed by atoms with van der Waals surface area (Å²) < 4.78 is 5.40. The van der Waals surface area contributed by atoms with E-state index < -0.39 is 7.05 Å². The molecule has 1 aliphatic rings. The van der Waals surface area contributed by atoms with Crippen molar-refractivity contribution in [3.63, 3.8) is 0 Å². The normalized spacial score (nSPS) is 14.0. The molecule has 3 aromatic rings. The Labute approximate surface area is 161 Å². The van der Waals surface area contributed by atoms with E-state index in [9.17, 15) is 0 Å². The molecule has 0 heterocycles. The number of nitrogens with zero attached hydrogens (tertiary/aromatic N) is 1. The van der Waals surface area contributed by atoms with E-state index in [0.717, 1.165) is 5.70 Å². The highest BCUT2D eigenvalue weighted by Crippen LogP contribution is 2.47. The van der Waals surface area contributed by atoms with E-state index in [1.54, 1.807) is 0 Å². The molecule has 0 aromatic heterocycles. The van der Waals surface area contributed by atoms with Crippen molar-refractivity contribution in [2.75, 3.05) is 0 Å². The summed E-state index contributed by atoms with van der Waals surface area (Å²) in [5, 5.41) is 3.74. The number of benzene rings is 3. The van der Waals surface area contributed by atoms with Gasteiger partial charge >= 0.3 is 0 Å². The summed E-state index contributed by atoms with van der Waals surface area (Å²) in [6.07, 6.45) is 6.18. The van der Waals surface area contributed by atoms with Crippen molar-refractivity contribution in [2.45, 2.75) is 6.92 Å². The van der Waals surface area contributed by atoms with E-state index in [1.165, 1.54) is 21.8 Å². The van der Waals surface area contributed by atoms with Crippen LogP contribution in [0.25, 0.3) is 0 Å². The molecule has 1 radical (unpaired) electrons. The number of allylic oxidation sites excluding steroid dienone is 2. The van der Waals surface area contributed by atoms with Crippen molar-refractivity contribution in [1.29, 1.82) is 0 Å². The Kier molecular flexibility index (Phi) is 5.07. The smallest absolute Gasteiger partial charge is 0.104 e. The highest BCUT2D eigenvalue weighted by molar-refractivity contribution is 7.87. The van der Waals surface area contributed by atoms with Crippen LogP contribution < -0.4 is 15.9 Å². The fourth-order valence-corrected chi connectivity index (χ4v) is 6.77. The number of hydrogen-bond acceptors (Lipinski definition) is 1. The summed E-state index contributed by atoms with van der Waals surface area (Å²) in [5.74, 6) is 1.19. The first kappa shape index (κ1) is 17.6. The minimum absolute atomic E-state index is 0.894. The third-order valence-electron chi connectivity index (χ3n) is 4.60. The highest BCUT2D eigenvalue weighted by Gasteiger charge is 2.27. The van der Waals surface area contributed by atoms with Crippen LogP contribution in [0.2, 0.25) is 0 Å². The Bertz CT molecular complexity index is 954. The van der Waals surface area contributed by atoms with Gasteiger partial charge in [0.1, 0.15) is 5.70 Å². The Balaban J connectivity index is 2.11. The molecule has 131 valence electrons. The van der Waals surface area contributed by atoms with E-state index in [-0.39, 0.29) is 0 Å². The second-order valence-electron chi connectivity index (χ2n) is 6.49. The zero-order valence-electron chi connectivity index (χ0n) is 15.3. The standard InChI is InChI=1S/C25H21NP/c1-21-17-19-22(20-18-21)26-27(23-11-5-2-6-12-23,24-13-7-3-8-14-24)25-15-9-4-10-16-25/h2-19H,1H3. The van der Waals surface area contributed by atoms with Crippen LogP contribution in [0, 0.1) is 5.92 Å². The van der Waals surface area contributed by atoms with Gasteiger partial charge in [-0.25, -0.2) is 4.74 Å². The first-order chi connectivity index (χ1) is 13.3. The monoisotopic (exact) mass is 366 g/mol. The largest absolute Gasteiger partial charge is 0.246 e. The molecule has 0 N–H and O–H groups in total. The van der Waals surface area contributed by atoms with E-state index in [2.05, 4.69) is 116 Å². The first-order valence-corrected chi connectivity index (χ1v) is 10.8. The molecule has 2 heteroatoms. The van der Waals surface area contributed by atoms with Crippen LogP contribution in [0.5, 0.6) is 0 Å². The average Bonchev–Trinajstić information content (AvgIpc) is 2.75. The summed E-state index contributed by atoms with van der Waals surface area (Å²) >= 11 is 0. The van der Waals surface area contributed by atoms with Gasteiger partial charge in [0.2, 0.25) is 0 Å². The van der Waals surface area contributed by atoms with Crippen molar-refractivity contribution in [2.24, 2.45) is 4.74 Å². The second kappa shape index (κ2) is 7.80. The molecule has 0 unspecified atom stereocenters. The molecule has 0 saturated carbocycles. The molecule has 0 amide bonds. The van der Waals surface area contributed by atoms with Crippen LogP contribution >= 0.6 is 7.05 Å². The van der Waals surface area contributed by atoms with E-state index >= 15 is 0 Å². The van der Waals surface area contributed by atoms with Crippen LogP contribution in [0.15, 0.2) is 125 Å². The van der Waals surface area contributed by atoms with E-state index in [1.807, 2.05) is 6.08 Å². The third-order valence-corrected chi connectivity index (χ3v) is 8.25. The van der Waals surface area contributed by atoms with Crippen molar-refractivity contribution < 1.29 is 0 Å². The molecular weight excluding hydrogens is 345 g/mol. The lowest BCUT2D eigenvalue weighted by Gasteiger charge is -2.27. The van der Waals surface area contributed by atoms with Crippen LogP contribution in [0.3, 0.4) is 0 Å². The molecule has 1 aliphatic carbocycles. The van der Waals surface area contributed by atoms with Gasteiger partial charge < -0.3 is 0 Å². The van der Waals surface area contributed by atoms with Gasteiger partial charge in [0.25, 0.3) is 0 Å². The molecular formula is C25H21NP. The van der Waals surface area contributed by atoms with Crippen LogP contribution in [0.1, 0.15) is 6.92 Å². The molecule has 1 nitrogen and oxygen atoms in total. The highest BCUT2D eigenvalue weighted by atomic mass is 31.2. The van der Waals surface area contributed by atoms with E-state index in [4.69, 9.17) is 4.74 Å². The topological polar surface area (TPSA) is 12.4 Å². The zero-order valence-corrected chi connectivity index (χ0v) is 16.2. The fourth-order valence-electron chi connectivity index (χ4n) is 3.27. The lowest BCUT2D eigenvalue weighted by Crippen LogP contribution is -2.25. The molecule has 0 fully saturated rings. The molecule has 0 atom stereocenters. The first-order valence-electron chi connectivity index (χ1n) is 9.06. The van der Waals surface area contributed by atoms with Gasteiger partial charge in [0.05, 0.1) is 7.05 Å². The van der Waals surface area contributed by atoms with Crippen LogP contribution in [0.4, 0.5) is 0 Å². The molecule has 0 aliphatic heterocycles. The molecule has 4 rings (SSSR count). The maximum Gasteiger partial charge on any atom is 0.104 e. The molecule has 0 saturated heterocycles. The Morgan fingerprint density at radius 1 is 0.630 bits per heavy atom. The van der Waals surface area contributed by atoms with Gasteiger partial charge in [-0.3, -0.25) is 0 Å². The molecule has 27 heavy (non-hydrogen) atoms. The number of rotatable bonds is 4. The lowest BCUT2D eigenvalue weighted by molar-refractivity contribution is 1.28. The minimum atomic E-state index is -2.20. The summed E-state index contributed by atoms with van der Waals surface area (Å²) in [6.45, 7) is 2.08. The van der Waals surface area contributed by atoms with Gasteiger partial charge in [-0.05, 0) is 12.2 Å². The van der Waals surface area contributed by atoms with Crippen LogP contribution in [-0.2, 0) is 0 Å². The predicted octanol–water partition coefficient (Wildman–Crippen LogP) is 5.37. The molecule has 3 aromatic carbocycles. The molecule has 0 bridgehead atoms. The van der Waals surface area contributed by atoms with Gasteiger partial charge in [-0.2, -0.15) is 0 Å². The Hall–Kier alpha value is -2.85. The second-order valence-corrected chi connectivity index (χ2v) is 9.51. The SMILES string of the molecule is C[C]1C=C=C(N=P(c2ccccc2)(c2ccccc2)c2ccccc2)C=C1.